The van der Waals surface area contributed by atoms with Gasteiger partial charge in [0.15, 0.2) is 0 Å². The molecule has 0 fully saturated rings. The van der Waals surface area contributed by atoms with Gasteiger partial charge in [-0.1, -0.05) is 6.07 Å². The van der Waals surface area contributed by atoms with Crippen LogP contribution in [0.1, 0.15) is 23.1 Å². The molecule has 0 aliphatic carbocycles. The van der Waals surface area contributed by atoms with Gasteiger partial charge in [0.05, 0.1) is 18.0 Å². The summed E-state index contributed by atoms with van der Waals surface area (Å²) in [6, 6.07) is 8.04. The van der Waals surface area contributed by atoms with Gasteiger partial charge in [0.25, 0.3) is 0 Å². The molecule has 0 bridgehead atoms. The highest BCUT2D eigenvalue weighted by Gasteiger charge is 2.17. The quantitative estimate of drug-likeness (QED) is 0.876. The summed E-state index contributed by atoms with van der Waals surface area (Å²) < 4.78 is 5.31. The summed E-state index contributed by atoms with van der Waals surface area (Å²) in [6.45, 7) is 3.33. The highest BCUT2D eigenvalue weighted by molar-refractivity contribution is 5.16. The fourth-order valence-corrected chi connectivity index (χ4v) is 2.05. The predicted octanol–water partition coefficient (Wildman–Crippen LogP) is 2.11. The monoisotopic (exact) mass is 245 g/mol. The van der Waals surface area contributed by atoms with Crippen LogP contribution in [0.4, 0.5) is 0 Å². The Bertz CT molecular complexity index is 481. The zero-order valence-corrected chi connectivity index (χ0v) is 10.8. The standard InChI is InChI=1S/C14H19N3O/c1-11-12(6-8-18-11)10-17(2)14(9-15)13-5-3-4-7-16-13/h3-8,14H,9-10,15H2,1-2H3. The molecule has 1 unspecified atom stereocenters. The molecule has 0 amide bonds. The van der Waals surface area contributed by atoms with Crippen LogP contribution in [0.5, 0.6) is 0 Å². The number of aryl methyl sites for hydroxylation is 1. The third-order valence-electron chi connectivity index (χ3n) is 3.17. The molecule has 0 spiro atoms. The molecular formula is C14H19N3O. The van der Waals surface area contributed by atoms with Gasteiger partial charge in [0, 0.05) is 24.8 Å². The molecule has 2 heterocycles. The minimum absolute atomic E-state index is 0.125. The zero-order valence-electron chi connectivity index (χ0n) is 10.8. The Morgan fingerprint density at radius 1 is 1.39 bits per heavy atom. The third-order valence-corrected chi connectivity index (χ3v) is 3.17. The molecule has 4 nitrogen and oxygen atoms in total. The van der Waals surface area contributed by atoms with Crippen molar-refractivity contribution >= 4 is 0 Å². The molecule has 2 aromatic heterocycles. The van der Waals surface area contributed by atoms with Crippen molar-refractivity contribution in [1.82, 2.24) is 9.88 Å². The van der Waals surface area contributed by atoms with Gasteiger partial charge in [0.2, 0.25) is 0 Å². The van der Waals surface area contributed by atoms with Crippen molar-refractivity contribution in [3.05, 3.63) is 53.7 Å². The van der Waals surface area contributed by atoms with Crippen molar-refractivity contribution in [3.8, 4) is 0 Å². The lowest BCUT2D eigenvalue weighted by Gasteiger charge is -2.26. The maximum Gasteiger partial charge on any atom is 0.105 e. The highest BCUT2D eigenvalue weighted by Crippen LogP contribution is 2.20. The lowest BCUT2D eigenvalue weighted by atomic mass is 10.1. The highest BCUT2D eigenvalue weighted by atomic mass is 16.3. The summed E-state index contributed by atoms with van der Waals surface area (Å²) >= 11 is 0. The van der Waals surface area contributed by atoms with E-state index in [1.807, 2.05) is 31.2 Å². The first-order chi connectivity index (χ1) is 8.72. The van der Waals surface area contributed by atoms with Crippen molar-refractivity contribution in [2.24, 2.45) is 5.73 Å². The van der Waals surface area contributed by atoms with E-state index < -0.39 is 0 Å². The summed E-state index contributed by atoms with van der Waals surface area (Å²) in [5.41, 5.74) is 8.06. The topological polar surface area (TPSA) is 55.3 Å². The van der Waals surface area contributed by atoms with Crippen LogP contribution in [0.2, 0.25) is 0 Å². The molecule has 4 heteroatoms. The van der Waals surface area contributed by atoms with Crippen LogP contribution in [0.25, 0.3) is 0 Å². The molecule has 0 aliphatic heterocycles. The molecule has 18 heavy (non-hydrogen) atoms. The minimum Gasteiger partial charge on any atom is -0.469 e. The Labute approximate surface area is 107 Å². The minimum atomic E-state index is 0.125. The number of hydrogen-bond donors (Lipinski definition) is 1. The number of nitrogens with two attached hydrogens (primary N) is 1. The number of hydrogen-bond acceptors (Lipinski definition) is 4. The van der Waals surface area contributed by atoms with Crippen molar-refractivity contribution in [3.63, 3.8) is 0 Å². The number of rotatable bonds is 5. The molecule has 1 atom stereocenters. The van der Waals surface area contributed by atoms with E-state index in [-0.39, 0.29) is 6.04 Å². The molecule has 0 saturated carbocycles. The second kappa shape index (κ2) is 5.80. The van der Waals surface area contributed by atoms with E-state index in [4.69, 9.17) is 10.2 Å². The van der Waals surface area contributed by atoms with E-state index in [0.29, 0.717) is 6.54 Å². The third kappa shape index (κ3) is 2.78. The summed E-state index contributed by atoms with van der Waals surface area (Å²) in [5.74, 6) is 0.957. The lowest BCUT2D eigenvalue weighted by Crippen LogP contribution is -2.30. The molecule has 2 aromatic rings. The van der Waals surface area contributed by atoms with Crippen molar-refractivity contribution < 1.29 is 4.42 Å². The van der Waals surface area contributed by atoms with Crippen LogP contribution >= 0.6 is 0 Å². The van der Waals surface area contributed by atoms with E-state index in [2.05, 4.69) is 16.9 Å². The summed E-state index contributed by atoms with van der Waals surface area (Å²) in [7, 11) is 2.05. The van der Waals surface area contributed by atoms with Gasteiger partial charge in [-0.15, -0.1) is 0 Å². The summed E-state index contributed by atoms with van der Waals surface area (Å²) in [6.07, 6.45) is 3.52. The molecule has 96 valence electrons. The van der Waals surface area contributed by atoms with Crippen molar-refractivity contribution in [2.75, 3.05) is 13.6 Å². The van der Waals surface area contributed by atoms with Gasteiger partial charge in [-0.2, -0.15) is 0 Å². The number of nitrogens with zero attached hydrogens (tertiary/aromatic N) is 2. The normalized spacial score (nSPS) is 12.9. The van der Waals surface area contributed by atoms with Crippen LogP contribution in [0.15, 0.2) is 41.1 Å². The van der Waals surface area contributed by atoms with E-state index in [1.165, 1.54) is 5.56 Å². The maximum absolute atomic E-state index is 5.87. The van der Waals surface area contributed by atoms with E-state index in [1.54, 1.807) is 12.5 Å². The lowest BCUT2D eigenvalue weighted by molar-refractivity contribution is 0.236. The second-order valence-corrected chi connectivity index (χ2v) is 4.42. The largest absolute Gasteiger partial charge is 0.469 e. The smallest absolute Gasteiger partial charge is 0.105 e. The van der Waals surface area contributed by atoms with Gasteiger partial charge >= 0.3 is 0 Å². The molecule has 0 radical (unpaired) electrons. The van der Waals surface area contributed by atoms with Gasteiger partial charge < -0.3 is 10.2 Å². The van der Waals surface area contributed by atoms with Gasteiger partial charge in [-0.05, 0) is 32.2 Å². The average molecular weight is 245 g/mol. The zero-order chi connectivity index (χ0) is 13.0. The van der Waals surface area contributed by atoms with Crippen molar-refractivity contribution in [2.45, 2.75) is 19.5 Å². The number of furan rings is 1. The summed E-state index contributed by atoms with van der Waals surface area (Å²) in [4.78, 5) is 6.57. The molecule has 2 rings (SSSR count). The first-order valence-electron chi connectivity index (χ1n) is 6.06. The van der Waals surface area contributed by atoms with E-state index in [0.717, 1.165) is 18.0 Å². The molecular weight excluding hydrogens is 226 g/mol. The predicted molar refractivity (Wildman–Crippen MR) is 70.9 cm³/mol. The first kappa shape index (κ1) is 12.8. The number of pyridine rings is 1. The SMILES string of the molecule is Cc1occc1CN(C)C(CN)c1ccccn1. The fraction of sp³-hybridized carbons (Fsp3) is 0.357. The average Bonchev–Trinajstić information content (AvgIpc) is 2.77. The van der Waals surface area contributed by atoms with Crippen molar-refractivity contribution in [1.29, 1.82) is 0 Å². The van der Waals surface area contributed by atoms with Gasteiger partial charge in [-0.3, -0.25) is 9.88 Å². The Kier molecular flexibility index (Phi) is 4.12. The van der Waals surface area contributed by atoms with Crippen LogP contribution in [0, 0.1) is 6.92 Å². The fourth-order valence-electron chi connectivity index (χ4n) is 2.05. The van der Waals surface area contributed by atoms with Gasteiger partial charge in [0.1, 0.15) is 5.76 Å². The number of likely N-dealkylation sites (N-methyl/N-ethyl adjacent to an activating group) is 1. The Morgan fingerprint density at radius 3 is 2.78 bits per heavy atom. The van der Waals surface area contributed by atoms with E-state index in [9.17, 15) is 0 Å². The molecule has 0 aliphatic rings. The van der Waals surface area contributed by atoms with Gasteiger partial charge in [-0.25, -0.2) is 0 Å². The second-order valence-electron chi connectivity index (χ2n) is 4.42. The number of aromatic nitrogens is 1. The molecule has 2 N–H and O–H groups in total. The molecule has 0 saturated heterocycles. The Morgan fingerprint density at radius 2 is 2.22 bits per heavy atom. The van der Waals surface area contributed by atoms with Crippen LogP contribution in [-0.2, 0) is 6.54 Å². The summed E-state index contributed by atoms with van der Waals surface area (Å²) in [5, 5.41) is 0. The van der Waals surface area contributed by atoms with Crippen LogP contribution < -0.4 is 5.73 Å². The Hall–Kier alpha value is -1.65. The van der Waals surface area contributed by atoms with E-state index >= 15 is 0 Å². The maximum atomic E-state index is 5.87. The molecule has 0 aromatic carbocycles. The van der Waals surface area contributed by atoms with Crippen LogP contribution in [-0.4, -0.2) is 23.5 Å². The first-order valence-corrected chi connectivity index (χ1v) is 6.06. The van der Waals surface area contributed by atoms with Crippen LogP contribution in [0.3, 0.4) is 0 Å². The Balaban J connectivity index is 2.11.